The lowest BCUT2D eigenvalue weighted by molar-refractivity contribution is -0.129. The second-order valence-corrected chi connectivity index (χ2v) is 5.24. The smallest absolute Gasteiger partial charge is 0.336 e. The first-order valence-corrected chi connectivity index (χ1v) is 7.20. The van der Waals surface area contributed by atoms with Gasteiger partial charge in [0.2, 0.25) is 11.6 Å². The van der Waals surface area contributed by atoms with Crippen LogP contribution in [0.25, 0.3) is 0 Å². The van der Waals surface area contributed by atoms with Crippen molar-refractivity contribution in [1.82, 2.24) is 0 Å². The third kappa shape index (κ3) is 3.31. The molecule has 1 fully saturated rings. The first-order valence-electron chi connectivity index (χ1n) is 7.20. The van der Waals surface area contributed by atoms with Crippen molar-refractivity contribution in [3.8, 4) is 5.75 Å². The number of benzene rings is 1. The highest BCUT2D eigenvalue weighted by Gasteiger charge is 2.27. The largest absolute Gasteiger partial charge is 0.417 e. The molecular formula is C16H16F4O2. The quantitative estimate of drug-likeness (QED) is 0.205. The predicted octanol–water partition coefficient (Wildman–Crippen LogP) is 4.46. The predicted molar refractivity (Wildman–Crippen MR) is 72.4 cm³/mol. The van der Waals surface area contributed by atoms with Crippen LogP contribution in [0.4, 0.5) is 17.6 Å². The van der Waals surface area contributed by atoms with Gasteiger partial charge in [0.05, 0.1) is 0 Å². The van der Waals surface area contributed by atoms with E-state index in [4.69, 9.17) is 0 Å². The summed E-state index contributed by atoms with van der Waals surface area (Å²) in [7, 11) is 0. The van der Waals surface area contributed by atoms with Crippen molar-refractivity contribution in [2.24, 2.45) is 5.92 Å². The van der Waals surface area contributed by atoms with E-state index in [9.17, 15) is 22.4 Å². The fraction of sp³-hybridized carbons (Fsp3) is 0.438. The Morgan fingerprint density at radius 3 is 2.32 bits per heavy atom. The van der Waals surface area contributed by atoms with Crippen molar-refractivity contribution in [2.45, 2.75) is 39.0 Å². The standard InChI is InChI=1S/C16H16F4O2/c1-2-10-12(17)14(19)15(20)16(13(10)18)22-11(21)8-7-9-5-3-4-6-9/h7-9H,2-6H2,1H3/b8-7+. The van der Waals surface area contributed by atoms with Crippen LogP contribution in [0.1, 0.15) is 38.2 Å². The van der Waals surface area contributed by atoms with Gasteiger partial charge in [-0.25, -0.2) is 18.0 Å². The minimum atomic E-state index is -1.85. The lowest BCUT2D eigenvalue weighted by Crippen LogP contribution is -2.12. The van der Waals surface area contributed by atoms with E-state index in [2.05, 4.69) is 4.74 Å². The van der Waals surface area contributed by atoms with Crippen LogP contribution in [0, 0.1) is 29.2 Å². The molecular weight excluding hydrogens is 300 g/mol. The SMILES string of the molecule is CCc1c(F)c(F)c(F)c(OC(=O)/C=C/C2CCCC2)c1F. The van der Waals surface area contributed by atoms with Crippen LogP contribution in [0.3, 0.4) is 0 Å². The maximum atomic E-state index is 13.9. The van der Waals surface area contributed by atoms with Gasteiger partial charge in [0.1, 0.15) is 0 Å². The molecule has 1 aliphatic carbocycles. The highest BCUT2D eigenvalue weighted by atomic mass is 19.2. The number of rotatable bonds is 4. The van der Waals surface area contributed by atoms with Gasteiger partial charge in [-0.1, -0.05) is 25.8 Å². The van der Waals surface area contributed by atoms with Gasteiger partial charge in [0.15, 0.2) is 17.5 Å². The average molecular weight is 316 g/mol. The summed E-state index contributed by atoms with van der Waals surface area (Å²) in [6.45, 7) is 1.38. The highest BCUT2D eigenvalue weighted by molar-refractivity contribution is 5.84. The van der Waals surface area contributed by atoms with E-state index in [1.165, 1.54) is 6.92 Å². The molecule has 0 amide bonds. The van der Waals surface area contributed by atoms with Gasteiger partial charge >= 0.3 is 5.97 Å². The van der Waals surface area contributed by atoms with E-state index in [0.717, 1.165) is 31.8 Å². The fourth-order valence-electron chi connectivity index (χ4n) is 2.56. The first kappa shape index (κ1) is 16.5. The van der Waals surface area contributed by atoms with Gasteiger partial charge in [-0.05, 0) is 25.2 Å². The summed E-state index contributed by atoms with van der Waals surface area (Å²) in [5.41, 5.74) is -0.651. The zero-order valence-electron chi connectivity index (χ0n) is 12.1. The molecule has 1 aromatic carbocycles. The molecule has 0 spiro atoms. The van der Waals surface area contributed by atoms with Gasteiger partial charge in [0.25, 0.3) is 0 Å². The number of hydrogen-bond donors (Lipinski definition) is 0. The molecule has 22 heavy (non-hydrogen) atoms. The summed E-state index contributed by atoms with van der Waals surface area (Å²) >= 11 is 0. The molecule has 1 aromatic rings. The fourth-order valence-corrected chi connectivity index (χ4v) is 2.56. The maximum Gasteiger partial charge on any atom is 0.336 e. The topological polar surface area (TPSA) is 26.3 Å². The molecule has 0 aromatic heterocycles. The Bertz CT molecular complexity index is 605. The molecule has 6 heteroatoms. The Balaban J connectivity index is 2.21. The molecule has 0 N–H and O–H groups in total. The van der Waals surface area contributed by atoms with Crippen LogP contribution in [-0.2, 0) is 11.2 Å². The lowest BCUT2D eigenvalue weighted by atomic mass is 10.1. The molecule has 0 aliphatic heterocycles. The number of carbonyl (C=O) groups excluding carboxylic acids is 1. The monoisotopic (exact) mass is 316 g/mol. The molecule has 120 valence electrons. The number of esters is 1. The third-order valence-electron chi connectivity index (χ3n) is 3.77. The molecule has 1 aliphatic rings. The van der Waals surface area contributed by atoms with E-state index in [-0.39, 0.29) is 12.3 Å². The number of ether oxygens (including phenoxy) is 1. The zero-order chi connectivity index (χ0) is 16.3. The van der Waals surface area contributed by atoms with Crippen molar-refractivity contribution in [1.29, 1.82) is 0 Å². The number of halogens is 4. The van der Waals surface area contributed by atoms with Gasteiger partial charge < -0.3 is 4.74 Å². The van der Waals surface area contributed by atoms with Gasteiger partial charge in [-0.3, -0.25) is 0 Å². The van der Waals surface area contributed by atoms with Crippen molar-refractivity contribution in [3.05, 3.63) is 41.0 Å². The van der Waals surface area contributed by atoms with Crippen molar-refractivity contribution < 1.29 is 27.1 Å². The van der Waals surface area contributed by atoms with E-state index < -0.39 is 40.6 Å². The Morgan fingerprint density at radius 1 is 1.09 bits per heavy atom. The minimum Gasteiger partial charge on any atom is -0.417 e. The van der Waals surface area contributed by atoms with Gasteiger partial charge in [-0.2, -0.15) is 4.39 Å². The van der Waals surface area contributed by atoms with E-state index in [1.54, 1.807) is 6.08 Å². The second-order valence-electron chi connectivity index (χ2n) is 5.24. The summed E-state index contributed by atoms with van der Waals surface area (Å²) in [5, 5.41) is 0. The van der Waals surface area contributed by atoms with Crippen LogP contribution in [0.5, 0.6) is 5.75 Å². The minimum absolute atomic E-state index is 0.197. The Morgan fingerprint density at radius 2 is 1.73 bits per heavy atom. The first-order chi connectivity index (χ1) is 10.5. The van der Waals surface area contributed by atoms with Gasteiger partial charge in [-0.15, -0.1) is 0 Å². The Kier molecular flexibility index (Phi) is 5.21. The summed E-state index contributed by atoms with van der Waals surface area (Å²) in [4.78, 5) is 11.6. The summed E-state index contributed by atoms with van der Waals surface area (Å²) < 4.78 is 58.8. The summed E-state index contributed by atoms with van der Waals surface area (Å²) in [6.07, 6.45) is 6.51. The normalized spacial score (nSPS) is 15.7. The Hall–Kier alpha value is -1.85. The average Bonchev–Trinajstić information content (AvgIpc) is 3.01. The third-order valence-corrected chi connectivity index (χ3v) is 3.77. The molecule has 2 nitrogen and oxygen atoms in total. The van der Waals surface area contributed by atoms with Gasteiger partial charge in [0, 0.05) is 11.6 Å². The molecule has 0 saturated heterocycles. The lowest BCUT2D eigenvalue weighted by Gasteiger charge is -2.10. The highest BCUT2D eigenvalue weighted by Crippen LogP contribution is 2.31. The Labute approximate surface area is 125 Å². The van der Waals surface area contributed by atoms with Crippen LogP contribution in [0.2, 0.25) is 0 Å². The van der Waals surface area contributed by atoms with E-state index >= 15 is 0 Å². The van der Waals surface area contributed by atoms with Crippen molar-refractivity contribution in [2.75, 3.05) is 0 Å². The molecule has 0 radical (unpaired) electrons. The molecule has 0 unspecified atom stereocenters. The number of hydrogen-bond acceptors (Lipinski definition) is 2. The second kappa shape index (κ2) is 6.94. The summed E-state index contributed by atoms with van der Waals surface area (Å²) in [5.74, 6) is -8.65. The van der Waals surface area contributed by atoms with E-state index in [1.807, 2.05) is 0 Å². The molecule has 0 heterocycles. The molecule has 1 saturated carbocycles. The maximum absolute atomic E-state index is 13.9. The zero-order valence-corrected chi connectivity index (χ0v) is 12.1. The number of allylic oxidation sites excluding steroid dienone is 1. The van der Waals surface area contributed by atoms with Crippen LogP contribution < -0.4 is 4.74 Å². The molecule has 2 rings (SSSR count). The van der Waals surface area contributed by atoms with Crippen LogP contribution in [-0.4, -0.2) is 5.97 Å². The summed E-state index contributed by atoms with van der Waals surface area (Å²) in [6, 6.07) is 0. The van der Waals surface area contributed by atoms with Crippen LogP contribution in [0.15, 0.2) is 12.2 Å². The van der Waals surface area contributed by atoms with Crippen LogP contribution >= 0.6 is 0 Å². The van der Waals surface area contributed by atoms with E-state index in [0.29, 0.717) is 0 Å². The van der Waals surface area contributed by atoms with Crippen molar-refractivity contribution >= 4 is 5.97 Å². The number of carbonyl (C=O) groups is 1. The molecule has 0 atom stereocenters. The van der Waals surface area contributed by atoms with Crippen molar-refractivity contribution in [3.63, 3.8) is 0 Å². The molecule has 0 bridgehead atoms.